The summed E-state index contributed by atoms with van der Waals surface area (Å²) in [5.41, 5.74) is 0. The molecule has 11 heavy (non-hydrogen) atoms. The standard InChI is InChI=1S/C4H13O3PS3/c5-8(6,7)3-1-2-4(9,10)11/h5-11H,1-3H2. The summed E-state index contributed by atoms with van der Waals surface area (Å²) in [5.74, 6) is 0. The van der Waals surface area contributed by atoms with Gasteiger partial charge in [0, 0.05) is 0 Å². The van der Waals surface area contributed by atoms with Crippen molar-refractivity contribution in [2.24, 2.45) is 0 Å². The molecule has 0 aliphatic carbocycles. The third-order valence-corrected chi connectivity index (χ3v) is 2.72. The van der Waals surface area contributed by atoms with Crippen molar-refractivity contribution < 1.29 is 14.7 Å². The number of rotatable bonds is 4. The van der Waals surface area contributed by atoms with Crippen LogP contribution in [-0.4, -0.2) is 24.3 Å². The van der Waals surface area contributed by atoms with E-state index in [1.54, 1.807) is 0 Å². The Bertz CT molecular complexity index is 105. The summed E-state index contributed by atoms with van der Waals surface area (Å²) in [4.78, 5) is 25.8. The Balaban J connectivity index is 3.44. The molecule has 7 heteroatoms. The van der Waals surface area contributed by atoms with Crippen LogP contribution < -0.4 is 0 Å². The van der Waals surface area contributed by atoms with Gasteiger partial charge in [0.2, 0.25) is 0 Å². The van der Waals surface area contributed by atoms with Crippen molar-refractivity contribution in [3.8, 4) is 0 Å². The Hall–Kier alpha value is 1.36. The maximum absolute atomic E-state index is 8.59. The van der Waals surface area contributed by atoms with E-state index in [0.717, 1.165) is 0 Å². The second-order valence-corrected chi connectivity index (χ2v) is 7.80. The van der Waals surface area contributed by atoms with Crippen molar-refractivity contribution in [3.63, 3.8) is 0 Å². The second-order valence-electron chi connectivity index (χ2n) is 2.40. The van der Waals surface area contributed by atoms with Gasteiger partial charge in [-0.1, -0.05) is 0 Å². The molecule has 0 aromatic carbocycles. The van der Waals surface area contributed by atoms with E-state index in [2.05, 4.69) is 37.9 Å². The van der Waals surface area contributed by atoms with Crippen molar-refractivity contribution in [1.29, 1.82) is 0 Å². The van der Waals surface area contributed by atoms with Crippen LogP contribution in [0.25, 0.3) is 0 Å². The molecule has 0 spiro atoms. The molecule has 0 amide bonds. The van der Waals surface area contributed by atoms with Crippen molar-refractivity contribution >= 4 is 45.8 Å². The topological polar surface area (TPSA) is 60.7 Å². The molecule has 0 fully saturated rings. The SMILES string of the molecule is O[PH](O)(O)CCCC(S)(S)S. The van der Waals surface area contributed by atoms with E-state index in [9.17, 15) is 0 Å². The Labute approximate surface area is 83.0 Å². The molecule has 0 aliphatic heterocycles. The van der Waals surface area contributed by atoms with Crippen LogP contribution in [0.5, 0.6) is 0 Å². The first-order valence-corrected chi connectivity index (χ1v) is 6.44. The fourth-order valence-electron chi connectivity index (χ4n) is 0.563. The predicted octanol–water partition coefficient (Wildman–Crippen LogP) is 0.682. The van der Waals surface area contributed by atoms with Gasteiger partial charge in [-0.25, -0.2) is 0 Å². The molecule has 0 rings (SSSR count). The van der Waals surface area contributed by atoms with Crippen LogP contribution in [0.2, 0.25) is 0 Å². The Kier molecular flexibility index (Phi) is 5.12. The number of thiol groups is 3. The number of hydrogen-bond acceptors (Lipinski definition) is 6. The molecule has 0 atom stereocenters. The van der Waals surface area contributed by atoms with Crippen LogP contribution in [0.4, 0.5) is 0 Å². The quantitative estimate of drug-likeness (QED) is 0.247. The Morgan fingerprint density at radius 2 is 1.55 bits per heavy atom. The van der Waals surface area contributed by atoms with E-state index in [1.807, 2.05) is 0 Å². The van der Waals surface area contributed by atoms with Crippen molar-refractivity contribution in [2.75, 3.05) is 6.16 Å². The minimum absolute atomic E-state index is 0.0103. The van der Waals surface area contributed by atoms with Gasteiger partial charge in [0.05, 0.1) is 0 Å². The Morgan fingerprint density at radius 1 is 1.09 bits per heavy atom. The summed E-state index contributed by atoms with van der Waals surface area (Å²) in [5, 5.41) is 0. The van der Waals surface area contributed by atoms with E-state index >= 15 is 0 Å². The van der Waals surface area contributed by atoms with Crippen LogP contribution in [0.15, 0.2) is 0 Å². The normalized spacial score (nSPS) is 15.1. The summed E-state index contributed by atoms with van der Waals surface area (Å²) in [7, 11) is -3.86. The Morgan fingerprint density at radius 3 is 1.82 bits per heavy atom. The van der Waals surface area contributed by atoms with Crippen molar-refractivity contribution in [3.05, 3.63) is 0 Å². The second kappa shape index (κ2) is 4.56. The van der Waals surface area contributed by atoms with Gasteiger partial charge >= 0.3 is 82.9 Å². The average molecular weight is 236 g/mol. The summed E-state index contributed by atoms with van der Waals surface area (Å²) >= 11 is 11.9. The van der Waals surface area contributed by atoms with Crippen molar-refractivity contribution in [1.82, 2.24) is 0 Å². The molecule has 0 saturated carbocycles. The molecule has 0 saturated heterocycles. The molecule has 0 unspecified atom stereocenters. The number of hydrogen-bond donors (Lipinski definition) is 6. The molecule has 3 N–H and O–H groups in total. The van der Waals surface area contributed by atoms with Gasteiger partial charge in [-0.2, -0.15) is 0 Å². The van der Waals surface area contributed by atoms with Gasteiger partial charge in [-0.05, 0) is 0 Å². The van der Waals surface area contributed by atoms with Crippen LogP contribution >= 0.6 is 45.8 Å². The van der Waals surface area contributed by atoms with Gasteiger partial charge < -0.3 is 0 Å². The van der Waals surface area contributed by atoms with Gasteiger partial charge in [0.15, 0.2) is 0 Å². The molecule has 70 valence electrons. The van der Waals surface area contributed by atoms with Crippen LogP contribution in [0, 0.1) is 0 Å². The van der Waals surface area contributed by atoms with Crippen LogP contribution in [0.1, 0.15) is 12.8 Å². The zero-order chi connectivity index (χ0) is 9.12. The van der Waals surface area contributed by atoms with Gasteiger partial charge in [0.1, 0.15) is 0 Å². The van der Waals surface area contributed by atoms with Gasteiger partial charge in [-0.3, -0.25) is 0 Å². The molecule has 0 bridgehead atoms. The maximum atomic E-state index is 8.59. The molecule has 0 aromatic heterocycles. The molecular formula is C4H13O3PS3. The monoisotopic (exact) mass is 236 g/mol. The first kappa shape index (κ1) is 12.4. The summed E-state index contributed by atoms with van der Waals surface area (Å²) in [6.07, 6.45) is 0.960. The van der Waals surface area contributed by atoms with Crippen LogP contribution in [0.3, 0.4) is 0 Å². The minimum atomic E-state index is -3.86. The first-order chi connectivity index (χ1) is 4.71. The first-order valence-electron chi connectivity index (χ1n) is 3.05. The fraction of sp³-hybridized carbons (Fsp3) is 1.00. The van der Waals surface area contributed by atoms with E-state index in [-0.39, 0.29) is 6.16 Å². The third-order valence-electron chi connectivity index (χ3n) is 1.02. The molecule has 0 aliphatic rings. The third kappa shape index (κ3) is 11.4. The summed E-state index contributed by atoms with van der Waals surface area (Å²) in [6.45, 7) is 0. The van der Waals surface area contributed by atoms with E-state index in [4.69, 9.17) is 14.7 Å². The average Bonchev–Trinajstić information content (AvgIpc) is 1.55. The molecule has 0 radical (unpaired) electrons. The molecule has 0 heterocycles. The van der Waals surface area contributed by atoms with E-state index in [1.165, 1.54) is 0 Å². The van der Waals surface area contributed by atoms with Crippen molar-refractivity contribution in [2.45, 2.75) is 16.3 Å². The fourth-order valence-corrected chi connectivity index (χ4v) is 1.69. The van der Waals surface area contributed by atoms with Gasteiger partial charge in [0.25, 0.3) is 0 Å². The van der Waals surface area contributed by atoms with E-state index < -0.39 is 11.4 Å². The predicted molar refractivity (Wildman–Crippen MR) is 58.8 cm³/mol. The molecule has 3 nitrogen and oxygen atoms in total. The molecule has 0 aromatic rings. The van der Waals surface area contributed by atoms with Gasteiger partial charge in [-0.15, -0.1) is 0 Å². The summed E-state index contributed by atoms with van der Waals surface area (Å²) < 4.78 is -0.709. The summed E-state index contributed by atoms with van der Waals surface area (Å²) in [6, 6.07) is 0. The zero-order valence-corrected chi connectivity index (χ0v) is 9.49. The zero-order valence-electron chi connectivity index (χ0n) is 5.80. The molecular weight excluding hydrogens is 223 g/mol. The van der Waals surface area contributed by atoms with Crippen LogP contribution in [-0.2, 0) is 0 Å². The van der Waals surface area contributed by atoms with E-state index in [0.29, 0.717) is 12.8 Å².